The van der Waals surface area contributed by atoms with Crippen LogP contribution in [0.5, 0.6) is 5.75 Å². The van der Waals surface area contributed by atoms with E-state index in [-0.39, 0.29) is 24.4 Å². The van der Waals surface area contributed by atoms with E-state index in [4.69, 9.17) is 4.74 Å². The Morgan fingerprint density at radius 2 is 2.14 bits per heavy atom. The summed E-state index contributed by atoms with van der Waals surface area (Å²) in [5.41, 5.74) is 1.15. The second kappa shape index (κ2) is 8.18. The zero-order valence-electron chi connectivity index (χ0n) is 13.4. The number of aryl methyl sites for hydroxylation is 1. The van der Waals surface area contributed by atoms with Gasteiger partial charge in [-0.2, -0.15) is 0 Å². The van der Waals surface area contributed by atoms with Gasteiger partial charge in [0.2, 0.25) is 0 Å². The first-order valence-electron chi connectivity index (χ1n) is 7.37. The minimum atomic E-state index is -0.489. The predicted octanol–water partition coefficient (Wildman–Crippen LogP) is 3.16. The van der Waals surface area contributed by atoms with E-state index < -0.39 is 6.10 Å². The van der Waals surface area contributed by atoms with Crippen LogP contribution in [0.1, 0.15) is 26.3 Å². The van der Waals surface area contributed by atoms with Gasteiger partial charge in [-0.15, -0.1) is 12.4 Å². The van der Waals surface area contributed by atoms with Crippen molar-refractivity contribution in [1.29, 1.82) is 0 Å². The lowest BCUT2D eigenvalue weighted by molar-refractivity contribution is -0.141. The molecule has 1 amide bonds. The van der Waals surface area contributed by atoms with Crippen LogP contribution in [0.2, 0.25) is 0 Å². The number of nitrogens with zero attached hydrogens (tertiary/aromatic N) is 1. The molecule has 0 aromatic heterocycles. The van der Waals surface area contributed by atoms with Gasteiger partial charge in [0.25, 0.3) is 5.91 Å². The van der Waals surface area contributed by atoms with Gasteiger partial charge in [0.1, 0.15) is 5.75 Å². The fourth-order valence-electron chi connectivity index (χ4n) is 2.54. The molecule has 22 heavy (non-hydrogen) atoms. The van der Waals surface area contributed by atoms with Crippen LogP contribution in [0.25, 0.3) is 0 Å². The molecular weight excluding hydrogens is 368 g/mol. The fourth-order valence-corrected chi connectivity index (χ4v) is 3.13. The zero-order chi connectivity index (χ0) is 15.6. The summed E-state index contributed by atoms with van der Waals surface area (Å²) in [6, 6.07) is 6.35. The summed E-state index contributed by atoms with van der Waals surface area (Å²) in [6.07, 6.45) is -0.489. The summed E-state index contributed by atoms with van der Waals surface area (Å²) in [7, 11) is 0. The highest BCUT2D eigenvalue weighted by Gasteiger charge is 2.31. The number of piperazine rings is 1. The van der Waals surface area contributed by atoms with Crippen LogP contribution in [-0.2, 0) is 4.79 Å². The summed E-state index contributed by atoms with van der Waals surface area (Å²) >= 11 is 3.48. The Balaban J connectivity index is 0.00000242. The summed E-state index contributed by atoms with van der Waals surface area (Å²) in [5, 5.41) is 3.38. The van der Waals surface area contributed by atoms with E-state index in [9.17, 15) is 4.79 Å². The second-order valence-corrected chi connectivity index (χ2v) is 6.56. The van der Waals surface area contributed by atoms with E-state index in [2.05, 4.69) is 35.1 Å². The molecule has 0 radical (unpaired) electrons. The van der Waals surface area contributed by atoms with Gasteiger partial charge >= 0.3 is 0 Å². The Morgan fingerprint density at radius 3 is 2.77 bits per heavy atom. The van der Waals surface area contributed by atoms with E-state index in [1.165, 1.54) is 0 Å². The average molecular weight is 392 g/mol. The molecule has 1 N–H and O–H groups in total. The molecule has 1 aliphatic heterocycles. The minimum Gasteiger partial charge on any atom is -0.480 e. The maximum absolute atomic E-state index is 12.6. The summed E-state index contributed by atoms with van der Waals surface area (Å²) in [4.78, 5) is 14.5. The molecule has 0 bridgehead atoms. The number of hydrogen-bond acceptors (Lipinski definition) is 3. The minimum absolute atomic E-state index is 0. The van der Waals surface area contributed by atoms with Crippen molar-refractivity contribution in [3.63, 3.8) is 0 Å². The standard InChI is InChI=1S/C16H23BrN2O2.ClH/c1-10-5-6-15(14(17)9-10)21-13(4)16(20)19-8-7-18-11(2)12(19)3;/h5-6,9,11-13,18H,7-8H2,1-4H3;1H. The number of rotatable bonds is 3. The Morgan fingerprint density at radius 1 is 1.45 bits per heavy atom. The van der Waals surface area contributed by atoms with Crippen LogP contribution >= 0.6 is 28.3 Å². The Bertz CT molecular complexity index is 527. The number of carbonyl (C=O) groups is 1. The molecule has 1 aliphatic rings. The number of amides is 1. The lowest BCUT2D eigenvalue weighted by Crippen LogP contribution is -2.59. The van der Waals surface area contributed by atoms with E-state index >= 15 is 0 Å². The molecule has 3 atom stereocenters. The van der Waals surface area contributed by atoms with Crippen molar-refractivity contribution in [2.75, 3.05) is 13.1 Å². The van der Waals surface area contributed by atoms with E-state index in [1.54, 1.807) is 0 Å². The quantitative estimate of drug-likeness (QED) is 0.860. The molecule has 0 spiro atoms. The van der Waals surface area contributed by atoms with Gasteiger partial charge in [0, 0.05) is 25.2 Å². The van der Waals surface area contributed by atoms with Crippen LogP contribution in [0.15, 0.2) is 22.7 Å². The van der Waals surface area contributed by atoms with Gasteiger partial charge < -0.3 is 15.0 Å². The first-order chi connectivity index (χ1) is 9.90. The molecule has 124 valence electrons. The SMILES string of the molecule is Cc1ccc(OC(C)C(=O)N2CCNC(C)C2C)c(Br)c1.Cl. The van der Waals surface area contributed by atoms with Crippen molar-refractivity contribution < 1.29 is 9.53 Å². The van der Waals surface area contributed by atoms with Crippen molar-refractivity contribution in [2.24, 2.45) is 0 Å². The smallest absolute Gasteiger partial charge is 0.263 e. The number of halogens is 2. The molecule has 1 fully saturated rings. The van der Waals surface area contributed by atoms with Gasteiger partial charge in [0.15, 0.2) is 6.10 Å². The van der Waals surface area contributed by atoms with Crippen molar-refractivity contribution in [3.05, 3.63) is 28.2 Å². The maximum Gasteiger partial charge on any atom is 0.263 e. The third-order valence-electron chi connectivity index (χ3n) is 4.06. The lowest BCUT2D eigenvalue weighted by Gasteiger charge is -2.39. The van der Waals surface area contributed by atoms with Crippen molar-refractivity contribution in [2.45, 2.75) is 45.9 Å². The third kappa shape index (κ3) is 4.37. The monoisotopic (exact) mass is 390 g/mol. The summed E-state index contributed by atoms with van der Waals surface area (Å²) in [5.74, 6) is 0.751. The molecule has 3 unspecified atom stereocenters. The Kier molecular flexibility index (Phi) is 7.16. The highest BCUT2D eigenvalue weighted by atomic mass is 79.9. The Hall–Kier alpha value is -0.780. The van der Waals surface area contributed by atoms with Gasteiger partial charge in [-0.3, -0.25) is 4.79 Å². The number of ether oxygens (including phenoxy) is 1. The molecule has 2 rings (SSSR count). The highest BCUT2D eigenvalue weighted by Crippen LogP contribution is 2.27. The van der Waals surface area contributed by atoms with Crippen LogP contribution in [0.3, 0.4) is 0 Å². The normalized spacial score (nSPS) is 22.7. The van der Waals surface area contributed by atoms with Crippen LogP contribution in [-0.4, -0.2) is 42.1 Å². The number of benzene rings is 1. The van der Waals surface area contributed by atoms with Gasteiger partial charge in [-0.25, -0.2) is 0 Å². The van der Waals surface area contributed by atoms with Gasteiger partial charge in [0.05, 0.1) is 4.47 Å². The predicted molar refractivity (Wildman–Crippen MR) is 94.9 cm³/mol. The highest BCUT2D eigenvalue weighted by molar-refractivity contribution is 9.10. The third-order valence-corrected chi connectivity index (χ3v) is 4.68. The van der Waals surface area contributed by atoms with E-state index in [1.807, 2.05) is 36.9 Å². The van der Waals surface area contributed by atoms with Gasteiger partial charge in [-0.1, -0.05) is 6.07 Å². The molecule has 6 heteroatoms. The number of carbonyl (C=O) groups excluding carboxylic acids is 1. The first-order valence-corrected chi connectivity index (χ1v) is 8.16. The van der Waals surface area contributed by atoms with Crippen LogP contribution in [0, 0.1) is 6.92 Å². The molecule has 1 aromatic rings. The first kappa shape index (κ1) is 19.3. The lowest BCUT2D eigenvalue weighted by atomic mass is 10.1. The molecule has 0 aliphatic carbocycles. The average Bonchev–Trinajstić information content (AvgIpc) is 2.44. The van der Waals surface area contributed by atoms with E-state index in [0.717, 1.165) is 23.1 Å². The maximum atomic E-state index is 12.6. The topological polar surface area (TPSA) is 41.6 Å². The molecular formula is C16H24BrClN2O2. The van der Waals surface area contributed by atoms with Crippen molar-refractivity contribution >= 4 is 34.2 Å². The largest absolute Gasteiger partial charge is 0.480 e. The molecule has 0 saturated carbocycles. The van der Waals surface area contributed by atoms with E-state index in [0.29, 0.717) is 11.8 Å². The van der Waals surface area contributed by atoms with Gasteiger partial charge in [-0.05, 0) is 61.3 Å². The van der Waals surface area contributed by atoms with Crippen LogP contribution < -0.4 is 10.1 Å². The summed E-state index contributed by atoms with van der Waals surface area (Å²) in [6.45, 7) is 9.57. The number of hydrogen-bond donors (Lipinski definition) is 1. The number of nitrogens with one attached hydrogen (secondary N) is 1. The summed E-state index contributed by atoms with van der Waals surface area (Å²) < 4.78 is 6.72. The Labute approximate surface area is 147 Å². The fraction of sp³-hybridized carbons (Fsp3) is 0.562. The molecule has 1 aromatic carbocycles. The van der Waals surface area contributed by atoms with Crippen molar-refractivity contribution in [1.82, 2.24) is 10.2 Å². The molecule has 4 nitrogen and oxygen atoms in total. The molecule has 1 heterocycles. The van der Waals surface area contributed by atoms with Crippen molar-refractivity contribution in [3.8, 4) is 5.75 Å². The second-order valence-electron chi connectivity index (χ2n) is 5.71. The van der Waals surface area contributed by atoms with Crippen LogP contribution in [0.4, 0.5) is 0 Å². The molecule has 1 saturated heterocycles. The zero-order valence-corrected chi connectivity index (χ0v) is 15.8.